The van der Waals surface area contributed by atoms with Gasteiger partial charge in [-0.3, -0.25) is 4.79 Å². The third-order valence-electron chi connectivity index (χ3n) is 3.25. The zero-order chi connectivity index (χ0) is 13.2. The maximum atomic E-state index is 11.7. The first-order valence-electron chi connectivity index (χ1n) is 6.34. The first-order chi connectivity index (χ1) is 9.22. The normalized spacial score (nSPS) is 12.8. The standard InChI is InChI=1S/C17H13NO/c1-12-3-2-4-15(18-12)9-6-13-5-7-14-8-10-17(19)16(14)11-13/h2-5,7,11H,8,10H2,1H3. The highest BCUT2D eigenvalue weighted by atomic mass is 16.1. The summed E-state index contributed by atoms with van der Waals surface area (Å²) >= 11 is 0. The lowest BCUT2D eigenvalue weighted by atomic mass is 10.1. The summed E-state index contributed by atoms with van der Waals surface area (Å²) in [5.41, 5.74) is 4.56. The molecule has 2 nitrogen and oxygen atoms in total. The van der Waals surface area contributed by atoms with Crippen LogP contribution in [0.3, 0.4) is 0 Å². The van der Waals surface area contributed by atoms with Gasteiger partial charge in [0.15, 0.2) is 5.78 Å². The molecule has 92 valence electrons. The van der Waals surface area contributed by atoms with Crippen LogP contribution in [0.1, 0.15) is 39.3 Å². The highest BCUT2D eigenvalue weighted by Gasteiger charge is 2.18. The number of carbonyl (C=O) groups excluding carboxylic acids is 1. The number of benzene rings is 1. The monoisotopic (exact) mass is 247 g/mol. The van der Waals surface area contributed by atoms with Crippen molar-refractivity contribution in [2.24, 2.45) is 0 Å². The van der Waals surface area contributed by atoms with Crippen molar-refractivity contribution in [2.45, 2.75) is 19.8 Å². The molecule has 1 aliphatic rings. The predicted octanol–water partition coefficient (Wildman–Crippen LogP) is 2.92. The van der Waals surface area contributed by atoms with Crippen LogP contribution in [0, 0.1) is 18.8 Å². The minimum Gasteiger partial charge on any atom is -0.294 e. The van der Waals surface area contributed by atoms with E-state index >= 15 is 0 Å². The van der Waals surface area contributed by atoms with Gasteiger partial charge in [-0.05, 0) is 49.1 Å². The Labute approximate surface area is 112 Å². The van der Waals surface area contributed by atoms with Gasteiger partial charge in [0.25, 0.3) is 0 Å². The Morgan fingerprint density at radius 1 is 1.11 bits per heavy atom. The second kappa shape index (κ2) is 4.70. The number of carbonyl (C=O) groups is 1. The van der Waals surface area contributed by atoms with Gasteiger partial charge < -0.3 is 0 Å². The van der Waals surface area contributed by atoms with Crippen LogP contribution >= 0.6 is 0 Å². The molecule has 1 heterocycles. The fourth-order valence-electron chi connectivity index (χ4n) is 2.26. The predicted molar refractivity (Wildman–Crippen MR) is 74.0 cm³/mol. The summed E-state index contributed by atoms with van der Waals surface area (Å²) in [7, 11) is 0. The van der Waals surface area contributed by atoms with Crippen LogP contribution in [0.2, 0.25) is 0 Å². The molecule has 1 aromatic carbocycles. The maximum absolute atomic E-state index is 11.7. The number of pyridine rings is 1. The summed E-state index contributed by atoms with van der Waals surface area (Å²) in [5, 5.41) is 0. The smallest absolute Gasteiger partial charge is 0.163 e. The zero-order valence-corrected chi connectivity index (χ0v) is 10.7. The minimum atomic E-state index is 0.229. The second-order valence-electron chi connectivity index (χ2n) is 4.71. The molecule has 1 aromatic heterocycles. The Balaban J connectivity index is 1.93. The van der Waals surface area contributed by atoms with Gasteiger partial charge in [0.05, 0.1) is 0 Å². The molecule has 0 saturated heterocycles. The maximum Gasteiger partial charge on any atom is 0.163 e. The minimum absolute atomic E-state index is 0.229. The molecule has 19 heavy (non-hydrogen) atoms. The molecule has 0 fully saturated rings. The van der Waals surface area contributed by atoms with Gasteiger partial charge in [0.2, 0.25) is 0 Å². The number of aromatic nitrogens is 1. The van der Waals surface area contributed by atoms with E-state index in [1.807, 2.05) is 43.3 Å². The number of aryl methyl sites for hydroxylation is 2. The fraction of sp³-hybridized carbons (Fsp3) is 0.176. The number of hydrogen-bond acceptors (Lipinski definition) is 2. The molecule has 0 N–H and O–H groups in total. The third kappa shape index (κ3) is 2.41. The Bertz CT molecular complexity index is 720. The number of ketones is 1. The summed E-state index contributed by atoms with van der Waals surface area (Å²) in [6.45, 7) is 1.94. The first kappa shape index (κ1) is 11.7. The molecule has 0 atom stereocenters. The average Bonchev–Trinajstić information content (AvgIpc) is 2.78. The molecule has 0 saturated carbocycles. The Morgan fingerprint density at radius 3 is 2.84 bits per heavy atom. The van der Waals surface area contributed by atoms with Crippen LogP contribution in [0.25, 0.3) is 0 Å². The second-order valence-corrected chi connectivity index (χ2v) is 4.71. The topological polar surface area (TPSA) is 30.0 Å². The van der Waals surface area contributed by atoms with Gasteiger partial charge in [-0.15, -0.1) is 0 Å². The number of Topliss-reactive ketones (excluding diaryl/α,β-unsaturated/α-hetero) is 1. The Morgan fingerprint density at radius 2 is 2.00 bits per heavy atom. The van der Waals surface area contributed by atoms with Crippen LogP contribution in [0.4, 0.5) is 0 Å². The van der Waals surface area contributed by atoms with E-state index in [0.717, 1.165) is 34.5 Å². The van der Waals surface area contributed by atoms with E-state index in [1.165, 1.54) is 0 Å². The molecule has 2 aromatic rings. The van der Waals surface area contributed by atoms with E-state index in [2.05, 4.69) is 16.8 Å². The SMILES string of the molecule is Cc1cccc(C#Cc2ccc3c(c2)C(=O)CC3)n1. The highest BCUT2D eigenvalue weighted by molar-refractivity contribution is 6.00. The Kier molecular flexibility index (Phi) is 2.89. The first-order valence-corrected chi connectivity index (χ1v) is 6.34. The van der Waals surface area contributed by atoms with Crippen molar-refractivity contribution in [3.05, 3.63) is 64.5 Å². The van der Waals surface area contributed by atoms with Crippen molar-refractivity contribution < 1.29 is 4.79 Å². The number of nitrogens with zero attached hydrogens (tertiary/aromatic N) is 1. The van der Waals surface area contributed by atoms with Crippen molar-refractivity contribution >= 4 is 5.78 Å². The van der Waals surface area contributed by atoms with Crippen molar-refractivity contribution in [1.29, 1.82) is 0 Å². The van der Waals surface area contributed by atoms with Gasteiger partial charge in [-0.25, -0.2) is 4.98 Å². The molecule has 0 unspecified atom stereocenters. The van der Waals surface area contributed by atoms with E-state index in [9.17, 15) is 4.79 Å². The Hall–Kier alpha value is -2.40. The van der Waals surface area contributed by atoms with Crippen molar-refractivity contribution in [3.8, 4) is 11.8 Å². The quantitative estimate of drug-likeness (QED) is 0.670. The van der Waals surface area contributed by atoms with Gasteiger partial charge in [-0.1, -0.05) is 18.1 Å². The van der Waals surface area contributed by atoms with E-state index < -0.39 is 0 Å². The number of hydrogen-bond donors (Lipinski definition) is 0. The van der Waals surface area contributed by atoms with Crippen LogP contribution in [-0.2, 0) is 6.42 Å². The molecule has 2 heteroatoms. The van der Waals surface area contributed by atoms with E-state index in [-0.39, 0.29) is 5.78 Å². The third-order valence-corrected chi connectivity index (χ3v) is 3.25. The summed E-state index contributed by atoms with van der Waals surface area (Å²) in [6, 6.07) is 11.7. The largest absolute Gasteiger partial charge is 0.294 e. The van der Waals surface area contributed by atoms with Crippen molar-refractivity contribution in [1.82, 2.24) is 4.98 Å². The molecular weight excluding hydrogens is 234 g/mol. The van der Waals surface area contributed by atoms with Gasteiger partial charge in [0.1, 0.15) is 5.69 Å². The number of fused-ring (bicyclic) bond motifs is 1. The average molecular weight is 247 g/mol. The van der Waals surface area contributed by atoms with Crippen molar-refractivity contribution in [2.75, 3.05) is 0 Å². The van der Waals surface area contributed by atoms with Crippen molar-refractivity contribution in [3.63, 3.8) is 0 Å². The van der Waals surface area contributed by atoms with Gasteiger partial charge in [0, 0.05) is 23.2 Å². The van der Waals surface area contributed by atoms with E-state index in [0.29, 0.717) is 6.42 Å². The molecule has 0 bridgehead atoms. The molecular formula is C17H13NO. The van der Waals surface area contributed by atoms with Gasteiger partial charge in [-0.2, -0.15) is 0 Å². The lowest BCUT2D eigenvalue weighted by Crippen LogP contribution is -1.92. The van der Waals surface area contributed by atoms with E-state index in [4.69, 9.17) is 0 Å². The summed E-state index contributed by atoms with van der Waals surface area (Å²) in [4.78, 5) is 16.0. The lowest BCUT2D eigenvalue weighted by Gasteiger charge is -1.97. The highest BCUT2D eigenvalue weighted by Crippen LogP contribution is 2.22. The van der Waals surface area contributed by atoms with Crippen LogP contribution in [0.5, 0.6) is 0 Å². The van der Waals surface area contributed by atoms with E-state index in [1.54, 1.807) is 0 Å². The van der Waals surface area contributed by atoms with Crippen LogP contribution in [0.15, 0.2) is 36.4 Å². The van der Waals surface area contributed by atoms with Crippen LogP contribution < -0.4 is 0 Å². The number of rotatable bonds is 0. The summed E-state index contributed by atoms with van der Waals surface area (Å²) in [5.74, 6) is 6.34. The molecule has 0 spiro atoms. The van der Waals surface area contributed by atoms with Crippen LogP contribution in [-0.4, -0.2) is 10.8 Å². The fourth-order valence-corrected chi connectivity index (χ4v) is 2.26. The molecule has 0 amide bonds. The lowest BCUT2D eigenvalue weighted by molar-refractivity contribution is 0.0994. The molecule has 3 rings (SSSR count). The molecule has 1 aliphatic carbocycles. The van der Waals surface area contributed by atoms with Gasteiger partial charge >= 0.3 is 0 Å². The molecule has 0 aliphatic heterocycles. The zero-order valence-electron chi connectivity index (χ0n) is 10.7. The summed E-state index contributed by atoms with van der Waals surface area (Å²) < 4.78 is 0. The summed E-state index contributed by atoms with van der Waals surface area (Å²) in [6.07, 6.45) is 1.49. The molecule has 0 radical (unpaired) electrons.